The third-order valence-electron chi connectivity index (χ3n) is 3.56. The van der Waals surface area contributed by atoms with Crippen molar-refractivity contribution in [3.05, 3.63) is 89.3 Å². The molecule has 0 atom stereocenters. The van der Waals surface area contributed by atoms with Crippen LogP contribution in [0.25, 0.3) is 11.1 Å². The van der Waals surface area contributed by atoms with Crippen molar-refractivity contribution in [1.82, 2.24) is 0 Å². The summed E-state index contributed by atoms with van der Waals surface area (Å²) in [5.41, 5.74) is 2.43. The van der Waals surface area contributed by atoms with Crippen LogP contribution >= 0.6 is 0 Å². The maximum atomic E-state index is 11.6. The Balaban J connectivity index is 1.81. The number of para-hydroxylation sites is 1. The highest BCUT2D eigenvalue weighted by Crippen LogP contribution is 2.27. The number of ether oxygens (including phenoxy) is 1. The van der Waals surface area contributed by atoms with E-state index in [1.165, 1.54) is 0 Å². The minimum Gasteiger partial charge on any atom is -0.457 e. The van der Waals surface area contributed by atoms with E-state index in [0.29, 0.717) is 5.56 Å². The first-order chi connectivity index (χ1) is 11.8. The Labute approximate surface area is 139 Å². The van der Waals surface area contributed by atoms with Crippen molar-refractivity contribution in [2.45, 2.75) is 0 Å². The van der Waals surface area contributed by atoms with E-state index in [0.717, 1.165) is 22.6 Å². The van der Waals surface area contributed by atoms with E-state index in [2.05, 4.69) is 5.18 Å². The molecule has 0 radical (unpaired) electrons. The van der Waals surface area contributed by atoms with Gasteiger partial charge in [-0.3, -0.25) is 4.79 Å². The molecule has 0 amide bonds. The molecule has 24 heavy (non-hydrogen) atoms. The van der Waals surface area contributed by atoms with Crippen molar-refractivity contribution in [2.75, 3.05) is 6.54 Å². The molecule has 0 spiro atoms. The largest absolute Gasteiger partial charge is 0.457 e. The molecule has 0 aliphatic carbocycles. The number of ketones is 1. The molecule has 0 saturated heterocycles. The second-order valence-electron chi connectivity index (χ2n) is 5.23. The molecule has 0 aliphatic heterocycles. The fourth-order valence-corrected chi connectivity index (χ4v) is 2.36. The van der Waals surface area contributed by atoms with Gasteiger partial charge < -0.3 is 4.74 Å². The van der Waals surface area contributed by atoms with Gasteiger partial charge in [0.2, 0.25) is 0 Å². The molecule has 3 aromatic rings. The Hall–Kier alpha value is -3.27. The second kappa shape index (κ2) is 7.33. The Morgan fingerprint density at radius 2 is 1.50 bits per heavy atom. The van der Waals surface area contributed by atoms with Gasteiger partial charge in [0, 0.05) is 5.56 Å². The summed E-state index contributed by atoms with van der Waals surface area (Å²) in [5, 5.41) is 2.63. The molecule has 3 aromatic carbocycles. The lowest BCUT2D eigenvalue weighted by atomic mass is 10.0. The third-order valence-corrected chi connectivity index (χ3v) is 3.56. The van der Waals surface area contributed by atoms with E-state index in [4.69, 9.17) is 4.74 Å². The smallest absolute Gasteiger partial charge is 0.187 e. The summed E-state index contributed by atoms with van der Waals surface area (Å²) >= 11 is 0. The zero-order valence-electron chi connectivity index (χ0n) is 12.9. The molecular weight excluding hydrogens is 302 g/mol. The maximum Gasteiger partial charge on any atom is 0.187 e. The number of hydrogen-bond acceptors (Lipinski definition) is 4. The number of carbonyl (C=O) groups excluding carboxylic acids is 1. The van der Waals surface area contributed by atoms with Crippen LogP contribution in [0.2, 0.25) is 0 Å². The normalized spacial score (nSPS) is 10.2. The molecule has 0 heterocycles. The van der Waals surface area contributed by atoms with E-state index in [1.54, 1.807) is 12.1 Å². The van der Waals surface area contributed by atoms with Gasteiger partial charge in [-0.15, -0.1) is 0 Å². The lowest BCUT2D eigenvalue weighted by Gasteiger charge is -2.08. The summed E-state index contributed by atoms with van der Waals surface area (Å²) in [5.74, 6) is 1.23. The SMILES string of the molecule is O=NCC(=O)c1ccc(-c2cccc(Oc3ccccc3)c2)cc1. The van der Waals surface area contributed by atoms with Gasteiger partial charge in [0.05, 0.1) is 0 Å². The fourth-order valence-electron chi connectivity index (χ4n) is 2.36. The van der Waals surface area contributed by atoms with Crippen LogP contribution in [0.15, 0.2) is 84.0 Å². The lowest BCUT2D eigenvalue weighted by Crippen LogP contribution is -2.02. The van der Waals surface area contributed by atoms with E-state index in [9.17, 15) is 9.70 Å². The van der Waals surface area contributed by atoms with Crippen molar-refractivity contribution >= 4 is 5.78 Å². The topological polar surface area (TPSA) is 55.7 Å². The predicted molar refractivity (Wildman–Crippen MR) is 93.4 cm³/mol. The zero-order valence-corrected chi connectivity index (χ0v) is 12.9. The molecule has 4 heteroatoms. The molecular formula is C20H15NO3. The van der Waals surface area contributed by atoms with E-state index < -0.39 is 0 Å². The van der Waals surface area contributed by atoms with Gasteiger partial charge in [-0.25, -0.2) is 0 Å². The van der Waals surface area contributed by atoms with Gasteiger partial charge >= 0.3 is 0 Å². The average Bonchev–Trinajstić information content (AvgIpc) is 2.63. The first kappa shape index (κ1) is 15.6. The first-order valence-electron chi connectivity index (χ1n) is 7.52. The molecule has 4 nitrogen and oxygen atoms in total. The first-order valence-corrected chi connectivity index (χ1v) is 7.52. The van der Waals surface area contributed by atoms with E-state index in [1.807, 2.05) is 66.7 Å². The van der Waals surface area contributed by atoms with E-state index in [-0.39, 0.29) is 12.3 Å². The summed E-state index contributed by atoms with van der Waals surface area (Å²) in [6.45, 7) is -0.334. The minimum absolute atomic E-state index is 0.280. The molecule has 0 fully saturated rings. The lowest BCUT2D eigenvalue weighted by molar-refractivity contribution is 0.100. The molecule has 118 valence electrons. The summed E-state index contributed by atoms with van der Waals surface area (Å²) in [6.07, 6.45) is 0. The molecule has 0 aliphatic rings. The third kappa shape index (κ3) is 3.73. The van der Waals surface area contributed by atoms with Crippen LogP contribution in [-0.4, -0.2) is 12.3 Å². The van der Waals surface area contributed by atoms with Gasteiger partial charge in [-0.05, 0) is 35.4 Å². The van der Waals surface area contributed by atoms with Crippen LogP contribution in [0.3, 0.4) is 0 Å². The molecule has 0 bridgehead atoms. The summed E-state index contributed by atoms with van der Waals surface area (Å²) in [7, 11) is 0. The summed E-state index contributed by atoms with van der Waals surface area (Å²) in [6, 6.07) is 24.4. The predicted octanol–water partition coefficient (Wildman–Crippen LogP) is 5.10. The van der Waals surface area contributed by atoms with Crippen LogP contribution < -0.4 is 4.74 Å². The summed E-state index contributed by atoms with van der Waals surface area (Å²) in [4.78, 5) is 21.8. The highest BCUT2D eigenvalue weighted by Gasteiger charge is 2.07. The van der Waals surface area contributed by atoms with Crippen LogP contribution in [0, 0.1) is 4.91 Å². The standard InChI is InChI=1S/C20H15NO3/c22-20(14-21-23)16-11-9-15(10-12-16)17-5-4-8-19(13-17)24-18-6-2-1-3-7-18/h1-13H,14H2. The van der Waals surface area contributed by atoms with Crippen molar-refractivity contribution in [3.8, 4) is 22.6 Å². The fraction of sp³-hybridized carbons (Fsp3) is 0.0500. The van der Waals surface area contributed by atoms with Crippen molar-refractivity contribution in [1.29, 1.82) is 0 Å². The van der Waals surface area contributed by atoms with Crippen molar-refractivity contribution in [3.63, 3.8) is 0 Å². The summed E-state index contributed by atoms with van der Waals surface area (Å²) < 4.78 is 5.83. The van der Waals surface area contributed by atoms with Gasteiger partial charge in [0.1, 0.15) is 18.0 Å². The number of carbonyl (C=O) groups is 1. The quantitative estimate of drug-likeness (QED) is 0.470. The molecule has 0 saturated carbocycles. The van der Waals surface area contributed by atoms with Crippen LogP contribution in [0.5, 0.6) is 11.5 Å². The highest BCUT2D eigenvalue weighted by atomic mass is 16.5. The molecule has 0 N–H and O–H groups in total. The maximum absolute atomic E-state index is 11.6. The number of nitroso groups, excluding NO2 is 1. The van der Waals surface area contributed by atoms with Crippen molar-refractivity contribution in [2.24, 2.45) is 5.18 Å². The highest BCUT2D eigenvalue weighted by molar-refractivity contribution is 5.98. The van der Waals surface area contributed by atoms with Crippen LogP contribution in [-0.2, 0) is 0 Å². The van der Waals surface area contributed by atoms with Gasteiger partial charge in [0.25, 0.3) is 0 Å². The number of nitrogens with zero attached hydrogens (tertiary/aromatic N) is 1. The average molecular weight is 317 g/mol. The van der Waals surface area contributed by atoms with Gasteiger partial charge in [-0.1, -0.05) is 59.8 Å². The second-order valence-corrected chi connectivity index (χ2v) is 5.23. The Bertz CT molecular complexity index is 842. The van der Waals surface area contributed by atoms with Crippen LogP contribution in [0.1, 0.15) is 10.4 Å². The number of rotatable bonds is 6. The molecule has 3 rings (SSSR count). The van der Waals surface area contributed by atoms with Gasteiger partial charge in [0.15, 0.2) is 5.78 Å². The van der Waals surface area contributed by atoms with Crippen molar-refractivity contribution < 1.29 is 9.53 Å². The Morgan fingerprint density at radius 3 is 2.21 bits per heavy atom. The van der Waals surface area contributed by atoms with E-state index >= 15 is 0 Å². The monoisotopic (exact) mass is 317 g/mol. The minimum atomic E-state index is -0.334. The number of Topliss-reactive ketones (excluding diaryl/α,β-unsaturated/α-hetero) is 1. The zero-order chi connectivity index (χ0) is 16.8. The van der Waals surface area contributed by atoms with Crippen LogP contribution in [0.4, 0.5) is 0 Å². The Kier molecular flexibility index (Phi) is 4.77. The number of benzene rings is 3. The Morgan fingerprint density at radius 1 is 0.792 bits per heavy atom. The molecule has 0 aromatic heterocycles. The number of hydrogen-bond donors (Lipinski definition) is 0. The molecule has 0 unspecified atom stereocenters. The van der Waals surface area contributed by atoms with Gasteiger partial charge in [-0.2, -0.15) is 4.91 Å².